The Balaban J connectivity index is 1.37. The third-order valence-corrected chi connectivity index (χ3v) is 6.38. The van der Waals surface area contributed by atoms with Gasteiger partial charge in [-0.2, -0.15) is 0 Å². The third-order valence-electron chi connectivity index (χ3n) is 4.61. The fraction of sp³-hybridized carbons (Fsp3) is 0.0800. The van der Waals surface area contributed by atoms with Crippen molar-refractivity contribution < 1.29 is 18.8 Å². The van der Waals surface area contributed by atoms with Crippen LogP contribution in [0.5, 0.6) is 0 Å². The van der Waals surface area contributed by atoms with Crippen molar-refractivity contribution in [1.29, 1.82) is 0 Å². The maximum absolute atomic E-state index is 13.0. The summed E-state index contributed by atoms with van der Waals surface area (Å²) in [5, 5.41) is 17.1. The van der Waals surface area contributed by atoms with E-state index in [1.807, 2.05) is 6.92 Å². The number of benzene rings is 2. The minimum Gasteiger partial charge on any atom is -0.465 e. The van der Waals surface area contributed by atoms with Crippen molar-refractivity contribution in [2.24, 2.45) is 0 Å². The number of aryl methyl sites for hydroxylation is 1. The lowest BCUT2D eigenvalue weighted by molar-refractivity contribution is -0.114. The molecule has 3 N–H and O–H groups in total. The highest BCUT2D eigenvalue weighted by Crippen LogP contribution is 2.22. The van der Waals surface area contributed by atoms with E-state index in [0.29, 0.717) is 22.1 Å². The molecule has 3 amide bonds. The van der Waals surface area contributed by atoms with Crippen LogP contribution in [0.4, 0.5) is 10.8 Å². The number of thioether (sulfide) groups is 1. The summed E-state index contributed by atoms with van der Waals surface area (Å²) >= 11 is 2.66. The smallest absolute Gasteiger partial charge is 0.272 e. The number of rotatable bonds is 9. The maximum Gasteiger partial charge on any atom is 0.272 e. The molecular weight excluding hydrogens is 498 g/mol. The summed E-state index contributed by atoms with van der Waals surface area (Å²) in [7, 11) is 0. The summed E-state index contributed by atoms with van der Waals surface area (Å²) in [5.74, 6) is -0.496. The zero-order chi connectivity index (χ0) is 25.3. The van der Waals surface area contributed by atoms with Crippen LogP contribution in [0, 0.1) is 6.92 Å². The zero-order valence-electron chi connectivity index (χ0n) is 19.1. The van der Waals surface area contributed by atoms with Crippen LogP contribution in [0.25, 0.3) is 6.08 Å². The number of furan rings is 1. The second-order valence-corrected chi connectivity index (χ2v) is 9.57. The molecule has 0 radical (unpaired) electrons. The standard InChI is InChI=1S/C25H21N5O4S2/c1-16-29-30-25(36-16)28-22(31)15-35-20-11-9-18(10-12-20)26-24(33)21(14-19-8-5-13-34-19)27-23(32)17-6-3-2-4-7-17/h2-14H,15H2,1H3,(H,26,33)(H,27,32)(H,28,30,31). The number of hydrogen-bond acceptors (Lipinski definition) is 8. The van der Waals surface area contributed by atoms with Gasteiger partial charge in [-0.3, -0.25) is 19.7 Å². The van der Waals surface area contributed by atoms with Gasteiger partial charge >= 0.3 is 0 Å². The predicted molar refractivity (Wildman–Crippen MR) is 140 cm³/mol. The Morgan fingerprint density at radius 2 is 1.75 bits per heavy atom. The van der Waals surface area contributed by atoms with Gasteiger partial charge in [-0.05, 0) is 55.5 Å². The van der Waals surface area contributed by atoms with Crippen LogP contribution >= 0.6 is 23.1 Å². The number of aromatic nitrogens is 2. The van der Waals surface area contributed by atoms with Gasteiger partial charge in [0.2, 0.25) is 11.0 Å². The Morgan fingerprint density at radius 3 is 2.42 bits per heavy atom. The highest BCUT2D eigenvalue weighted by atomic mass is 32.2. The first-order valence-corrected chi connectivity index (χ1v) is 12.5. The van der Waals surface area contributed by atoms with E-state index < -0.39 is 11.8 Å². The van der Waals surface area contributed by atoms with Crippen LogP contribution in [-0.4, -0.2) is 33.7 Å². The molecule has 0 spiro atoms. The molecule has 0 bridgehead atoms. The molecule has 9 nitrogen and oxygen atoms in total. The maximum atomic E-state index is 13.0. The van der Waals surface area contributed by atoms with Crippen molar-refractivity contribution in [3.05, 3.63) is 95.0 Å². The normalized spacial score (nSPS) is 11.1. The molecule has 0 saturated heterocycles. The van der Waals surface area contributed by atoms with Gasteiger partial charge in [-0.15, -0.1) is 22.0 Å². The van der Waals surface area contributed by atoms with Crippen molar-refractivity contribution in [2.75, 3.05) is 16.4 Å². The molecular formula is C25H21N5O4S2. The van der Waals surface area contributed by atoms with Gasteiger partial charge in [0.1, 0.15) is 16.5 Å². The second kappa shape index (κ2) is 12.0. The SMILES string of the molecule is Cc1nnc(NC(=O)CSc2ccc(NC(=O)C(=Cc3ccco3)NC(=O)c3ccccc3)cc2)s1. The summed E-state index contributed by atoms with van der Waals surface area (Å²) in [6.45, 7) is 1.81. The number of carbonyl (C=O) groups is 3. The number of hydrogen-bond donors (Lipinski definition) is 3. The van der Waals surface area contributed by atoms with Gasteiger partial charge in [0, 0.05) is 22.2 Å². The van der Waals surface area contributed by atoms with Crippen molar-refractivity contribution in [1.82, 2.24) is 15.5 Å². The second-order valence-electron chi connectivity index (χ2n) is 7.34. The number of carbonyl (C=O) groups excluding carboxylic acids is 3. The molecule has 11 heteroatoms. The fourth-order valence-electron chi connectivity index (χ4n) is 2.94. The quantitative estimate of drug-likeness (QED) is 0.218. The summed E-state index contributed by atoms with van der Waals surface area (Å²) in [6, 6.07) is 19.0. The number of nitrogens with zero attached hydrogens (tertiary/aromatic N) is 2. The summed E-state index contributed by atoms with van der Waals surface area (Å²) in [5.41, 5.74) is 0.973. The number of anilines is 2. The molecule has 4 aromatic rings. The van der Waals surface area contributed by atoms with Crippen LogP contribution in [0.3, 0.4) is 0 Å². The Kier molecular flexibility index (Phi) is 8.27. The van der Waals surface area contributed by atoms with Crippen LogP contribution in [-0.2, 0) is 9.59 Å². The van der Waals surface area contributed by atoms with Gasteiger partial charge in [0.25, 0.3) is 11.8 Å². The largest absolute Gasteiger partial charge is 0.465 e. The minimum absolute atomic E-state index is 0.0286. The molecule has 0 aliphatic rings. The van der Waals surface area contributed by atoms with E-state index in [0.717, 1.165) is 9.90 Å². The first-order valence-electron chi connectivity index (χ1n) is 10.7. The van der Waals surface area contributed by atoms with Crippen molar-refractivity contribution in [3.63, 3.8) is 0 Å². The molecule has 0 saturated carbocycles. The van der Waals surface area contributed by atoms with E-state index in [9.17, 15) is 14.4 Å². The zero-order valence-corrected chi connectivity index (χ0v) is 20.7. The lowest BCUT2D eigenvalue weighted by atomic mass is 10.2. The average molecular weight is 520 g/mol. The monoisotopic (exact) mass is 519 g/mol. The lowest BCUT2D eigenvalue weighted by Crippen LogP contribution is -2.30. The fourth-order valence-corrected chi connectivity index (χ4v) is 4.25. The minimum atomic E-state index is -0.511. The molecule has 0 unspecified atom stereocenters. The van der Waals surface area contributed by atoms with E-state index in [-0.39, 0.29) is 17.4 Å². The molecule has 4 rings (SSSR count). The van der Waals surface area contributed by atoms with Crippen LogP contribution in [0.15, 0.2) is 88.0 Å². The molecule has 2 aromatic heterocycles. The molecule has 2 aromatic carbocycles. The van der Waals surface area contributed by atoms with E-state index >= 15 is 0 Å². The highest BCUT2D eigenvalue weighted by molar-refractivity contribution is 8.00. The van der Waals surface area contributed by atoms with Crippen molar-refractivity contribution in [2.45, 2.75) is 11.8 Å². The van der Waals surface area contributed by atoms with Gasteiger partial charge in [-0.1, -0.05) is 29.5 Å². The number of amides is 3. The van der Waals surface area contributed by atoms with E-state index in [2.05, 4.69) is 26.1 Å². The molecule has 36 heavy (non-hydrogen) atoms. The Morgan fingerprint density at radius 1 is 0.972 bits per heavy atom. The summed E-state index contributed by atoms with van der Waals surface area (Å²) in [4.78, 5) is 38.6. The molecule has 182 valence electrons. The van der Waals surface area contributed by atoms with E-state index in [4.69, 9.17) is 4.42 Å². The molecule has 0 aliphatic carbocycles. The summed E-state index contributed by atoms with van der Waals surface area (Å²) in [6.07, 6.45) is 2.93. The molecule has 0 atom stereocenters. The molecule has 0 fully saturated rings. The third kappa shape index (κ3) is 7.14. The number of nitrogens with one attached hydrogen (secondary N) is 3. The highest BCUT2D eigenvalue weighted by Gasteiger charge is 2.16. The van der Waals surface area contributed by atoms with Crippen LogP contribution < -0.4 is 16.0 Å². The summed E-state index contributed by atoms with van der Waals surface area (Å²) < 4.78 is 5.30. The van der Waals surface area contributed by atoms with Crippen LogP contribution in [0.1, 0.15) is 21.1 Å². The van der Waals surface area contributed by atoms with Crippen LogP contribution in [0.2, 0.25) is 0 Å². The topological polar surface area (TPSA) is 126 Å². The lowest BCUT2D eigenvalue weighted by Gasteiger charge is -2.11. The molecule has 0 aliphatic heterocycles. The van der Waals surface area contributed by atoms with Gasteiger partial charge < -0.3 is 15.1 Å². The average Bonchev–Trinajstić information content (AvgIpc) is 3.55. The van der Waals surface area contributed by atoms with Crippen molar-refractivity contribution >= 4 is 57.7 Å². The molecule has 2 heterocycles. The first kappa shape index (κ1) is 24.9. The van der Waals surface area contributed by atoms with E-state index in [1.165, 1.54) is 35.4 Å². The van der Waals surface area contributed by atoms with E-state index in [1.54, 1.807) is 66.7 Å². The van der Waals surface area contributed by atoms with Gasteiger partial charge in [0.05, 0.1) is 12.0 Å². The Labute approximate surface area is 215 Å². The van der Waals surface area contributed by atoms with Crippen molar-refractivity contribution in [3.8, 4) is 0 Å². The predicted octanol–water partition coefficient (Wildman–Crippen LogP) is 4.58. The van der Waals surface area contributed by atoms with Gasteiger partial charge in [0.15, 0.2) is 0 Å². The first-order chi connectivity index (χ1) is 17.5. The van der Waals surface area contributed by atoms with Gasteiger partial charge in [-0.25, -0.2) is 0 Å². The Hall–Kier alpha value is -4.22. The Bertz CT molecular complexity index is 1370.